The van der Waals surface area contributed by atoms with Gasteiger partial charge in [0.05, 0.1) is 17.7 Å². The molecule has 0 saturated heterocycles. The van der Waals surface area contributed by atoms with Gasteiger partial charge in [-0.15, -0.1) is 0 Å². The lowest BCUT2D eigenvalue weighted by atomic mass is 10.2. The third-order valence-corrected chi connectivity index (χ3v) is 3.66. The first kappa shape index (κ1) is 12.9. The van der Waals surface area contributed by atoms with Crippen LogP contribution in [0, 0.1) is 0 Å². The summed E-state index contributed by atoms with van der Waals surface area (Å²) in [5.41, 5.74) is 4.22. The maximum atomic E-state index is 5.61. The van der Waals surface area contributed by atoms with Gasteiger partial charge in [0, 0.05) is 6.54 Å². The first-order valence-electron chi connectivity index (χ1n) is 6.00. The van der Waals surface area contributed by atoms with Gasteiger partial charge in [0.15, 0.2) is 0 Å². The molecule has 4 heteroatoms. The van der Waals surface area contributed by atoms with E-state index in [-0.39, 0.29) is 0 Å². The third-order valence-electron chi connectivity index (χ3n) is 3.04. The van der Waals surface area contributed by atoms with Gasteiger partial charge in [-0.05, 0) is 46.5 Å². The molecule has 0 bridgehead atoms. The summed E-state index contributed by atoms with van der Waals surface area (Å²) in [6.45, 7) is 0.721. The summed E-state index contributed by atoms with van der Waals surface area (Å²) in [6, 6.07) is 6.04. The summed E-state index contributed by atoms with van der Waals surface area (Å²) in [5.74, 6) is 0.852. The zero-order valence-corrected chi connectivity index (χ0v) is 11.6. The van der Waals surface area contributed by atoms with Crippen LogP contribution in [0.25, 0.3) is 0 Å². The van der Waals surface area contributed by atoms with E-state index in [4.69, 9.17) is 9.57 Å². The highest BCUT2D eigenvalue weighted by Crippen LogP contribution is 2.25. The van der Waals surface area contributed by atoms with Crippen molar-refractivity contribution >= 4 is 15.9 Å². The summed E-state index contributed by atoms with van der Waals surface area (Å²) in [6.07, 6.45) is 5.34. The van der Waals surface area contributed by atoms with Crippen LogP contribution >= 0.6 is 15.9 Å². The molecule has 1 aliphatic rings. The van der Waals surface area contributed by atoms with Crippen LogP contribution in [-0.2, 0) is 11.4 Å². The van der Waals surface area contributed by atoms with Gasteiger partial charge in [-0.2, -0.15) is 5.48 Å². The molecule has 0 unspecified atom stereocenters. The second-order valence-corrected chi connectivity index (χ2v) is 5.17. The molecule has 1 N–H and O–H groups in total. The molecule has 17 heavy (non-hydrogen) atoms. The quantitative estimate of drug-likeness (QED) is 0.845. The fourth-order valence-corrected chi connectivity index (χ4v) is 2.66. The van der Waals surface area contributed by atoms with Crippen LogP contribution in [0.2, 0.25) is 0 Å². The Bertz CT molecular complexity index is 364. The summed E-state index contributed by atoms with van der Waals surface area (Å²) in [7, 11) is 1.67. The van der Waals surface area contributed by atoms with E-state index in [1.54, 1.807) is 7.11 Å². The van der Waals surface area contributed by atoms with Crippen LogP contribution in [0.15, 0.2) is 22.7 Å². The minimum atomic E-state index is 0.400. The molecule has 0 atom stereocenters. The first-order chi connectivity index (χ1) is 8.29. The minimum Gasteiger partial charge on any atom is -0.496 e. The molecule has 0 amide bonds. The Morgan fingerprint density at radius 1 is 1.35 bits per heavy atom. The molecule has 1 aromatic rings. The number of halogens is 1. The summed E-state index contributed by atoms with van der Waals surface area (Å²) in [4.78, 5) is 5.61. The minimum absolute atomic E-state index is 0.400. The van der Waals surface area contributed by atoms with Crippen molar-refractivity contribution in [2.75, 3.05) is 7.11 Å². The predicted molar refractivity (Wildman–Crippen MR) is 70.9 cm³/mol. The molecule has 1 saturated carbocycles. The van der Waals surface area contributed by atoms with Gasteiger partial charge in [-0.1, -0.05) is 18.9 Å². The Morgan fingerprint density at radius 2 is 2.12 bits per heavy atom. The van der Waals surface area contributed by atoms with Crippen LogP contribution in [-0.4, -0.2) is 13.2 Å². The van der Waals surface area contributed by atoms with E-state index in [9.17, 15) is 0 Å². The van der Waals surface area contributed by atoms with Crippen LogP contribution in [0.4, 0.5) is 0 Å². The second-order valence-electron chi connectivity index (χ2n) is 4.31. The molecule has 3 nitrogen and oxygen atoms in total. The van der Waals surface area contributed by atoms with E-state index < -0.39 is 0 Å². The molecule has 0 aliphatic heterocycles. The van der Waals surface area contributed by atoms with E-state index in [1.807, 2.05) is 18.2 Å². The van der Waals surface area contributed by atoms with Gasteiger partial charge in [0.1, 0.15) is 5.75 Å². The second kappa shape index (κ2) is 6.38. The average molecular weight is 300 g/mol. The number of benzene rings is 1. The molecule has 1 fully saturated rings. The third kappa shape index (κ3) is 3.69. The molecule has 1 aromatic carbocycles. The Hall–Kier alpha value is -0.580. The van der Waals surface area contributed by atoms with Crippen molar-refractivity contribution in [1.29, 1.82) is 0 Å². The highest BCUT2D eigenvalue weighted by atomic mass is 79.9. The average Bonchev–Trinajstić information content (AvgIpc) is 2.82. The van der Waals surface area contributed by atoms with E-state index >= 15 is 0 Å². The number of ether oxygens (including phenoxy) is 1. The highest BCUT2D eigenvalue weighted by Gasteiger charge is 2.15. The number of methoxy groups -OCH3 is 1. The van der Waals surface area contributed by atoms with Gasteiger partial charge in [-0.3, -0.25) is 4.84 Å². The molecule has 2 rings (SSSR count). The maximum Gasteiger partial charge on any atom is 0.133 e. The lowest BCUT2D eigenvalue weighted by Crippen LogP contribution is -2.21. The number of rotatable bonds is 5. The fraction of sp³-hybridized carbons (Fsp3) is 0.538. The van der Waals surface area contributed by atoms with Gasteiger partial charge in [0.2, 0.25) is 0 Å². The maximum absolute atomic E-state index is 5.61. The van der Waals surface area contributed by atoms with Crippen molar-refractivity contribution in [1.82, 2.24) is 5.48 Å². The smallest absolute Gasteiger partial charge is 0.133 e. The van der Waals surface area contributed by atoms with E-state index in [0.29, 0.717) is 6.10 Å². The van der Waals surface area contributed by atoms with Gasteiger partial charge < -0.3 is 4.74 Å². The van der Waals surface area contributed by atoms with Gasteiger partial charge >= 0.3 is 0 Å². The van der Waals surface area contributed by atoms with E-state index in [2.05, 4.69) is 21.4 Å². The van der Waals surface area contributed by atoms with Crippen molar-refractivity contribution in [3.8, 4) is 5.75 Å². The zero-order chi connectivity index (χ0) is 12.1. The van der Waals surface area contributed by atoms with Crippen LogP contribution < -0.4 is 10.2 Å². The van der Waals surface area contributed by atoms with E-state index in [0.717, 1.165) is 16.8 Å². The number of nitrogens with one attached hydrogen (secondary N) is 1. The molecule has 0 heterocycles. The monoisotopic (exact) mass is 299 g/mol. The lowest BCUT2D eigenvalue weighted by Gasteiger charge is -2.12. The Balaban J connectivity index is 1.80. The lowest BCUT2D eigenvalue weighted by molar-refractivity contribution is -0.0244. The first-order valence-corrected chi connectivity index (χ1v) is 6.80. The summed E-state index contributed by atoms with van der Waals surface area (Å²) in [5, 5.41) is 0. The van der Waals surface area contributed by atoms with Crippen molar-refractivity contribution in [3.05, 3.63) is 28.2 Å². The van der Waals surface area contributed by atoms with E-state index in [1.165, 1.54) is 31.2 Å². The number of hydrogen-bond donors (Lipinski definition) is 1. The number of hydrogen-bond acceptors (Lipinski definition) is 3. The highest BCUT2D eigenvalue weighted by molar-refractivity contribution is 9.10. The van der Waals surface area contributed by atoms with Crippen molar-refractivity contribution in [3.63, 3.8) is 0 Å². The molecule has 94 valence electrons. The molecule has 0 aromatic heterocycles. The summed E-state index contributed by atoms with van der Waals surface area (Å²) >= 11 is 3.47. The Kier molecular flexibility index (Phi) is 4.83. The topological polar surface area (TPSA) is 30.5 Å². The van der Waals surface area contributed by atoms with Crippen LogP contribution in [0.1, 0.15) is 31.2 Å². The Morgan fingerprint density at radius 3 is 2.76 bits per heavy atom. The normalized spacial score (nSPS) is 16.4. The molecule has 0 spiro atoms. The van der Waals surface area contributed by atoms with Crippen molar-refractivity contribution < 1.29 is 9.57 Å². The summed E-state index contributed by atoms with van der Waals surface area (Å²) < 4.78 is 6.16. The largest absolute Gasteiger partial charge is 0.496 e. The number of hydroxylamine groups is 1. The zero-order valence-electron chi connectivity index (χ0n) is 10.0. The predicted octanol–water partition coefficient (Wildman–Crippen LogP) is 3.42. The molecular weight excluding hydrogens is 282 g/mol. The van der Waals surface area contributed by atoms with Gasteiger partial charge in [0.25, 0.3) is 0 Å². The van der Waals surface area contributed by atoms with Crippen molar-refractivity contribution in [2.45, 2.75) is 38.3 Å². The molecule has 1 aliphatic carbocycles. The van der Waals surface area contributed by atoms with Crippen LogP contribution in [0.5, 0.6) is 5.75 Å². The van der Waals surface area contributed by atoms with Crippen LogP contribution in [0.3, 0.4) is 0 Å². The molecular formula is C13H18BrNO2. The van der Waals surface area contributed by atoms with Crippen molar-refractivity contribution in [2.24, 2.45) is 0 Å². The fourth-order valence-electron chi connectivity index (χ4n) is 2.07. The Labute approximate surface area is 111 Å². The standard InChI is InChI=1S/C13H18BrNO2/c1-16-13-7-6-10(8-12(13)14)9-15-17-11-4-2-3-5-11/h6-8,11,15H,2-5,9H2,1H3. The SMILES string of the molecule is COc1ccc(CNOC2CCCC2)cc1Br. The van der Waals surface area contributed by atoms with Gasteiger partial charge in [-0.25, -0.2) is 0 Å². The molecule has 0 radical (unpaired) electrons.